The van der Waals surface area contributed by atoms with Gasteiger partial charge in [-0.1, -0.05) is 24.3 Å². The number of carbonyl (C=O) groups excluding carboxylic acids is 1. The quantitative estimate of drug-likeness (QED) is 0.618. The molecule has 1 heterocycles. The zero-order chi connectivity index (χ0) is 19.9. The van der Waals surface area contributed by atoms with E-state index in [0.29, 0.717) is 12.3 Å². The van der Waals surface area contributed by atoms with Crippen LogP contribution in [0, 0.1) is 6.92 Å². The lowest BCUT2D eigenvalue weighted by molar-refractivity contribution is -0.127. The number of carbonyl (C=O) groups is 1. The summed E-state index contributed by atoms with van der Waals surface area (Å²) in [6.07, 6.45) is 0.195. The number of methoxy groups -OCH3 is 1. The summed E-state index contributed by atoms with van der Waals surface area (Å²) in [7, 11) is 1.61. The predicted octanol–water partition coefficient (Wildman–Crippen LogP) is 4.25. The van der Waals surface area contributed by atoms with Gasteiger partial charge in [-0.25, -0.2) is 4.98 Å². The molecule has 3 rings (SSSR count). The van der Waals surface area contributed by atoms with Gasteiger partial charge in [-0.2, -0.15) is 0 Å². The van der Waals surface area contributed by atoms with Gasteiger partial charge in [0.25, 0.3) is 5.91 Å². The van der Waals surface area contributed by atoms with Crippen LogP contribution in [0.15, 0.2) is 53.9 Å². The van der Waals surface area contributed by atoms with Gasteiger partial charge in [-0.15, -0.1) is 11.3 Å². The second-order valence-electron chi connectivity index (χ2n) is 6.43. The van der Waals surface area contributed by atoms with Crippen LogP contribution in [0.3, 0.4) is 0 Å². The molecule has 0 aliphatic heterocycles. The largest absolute Gasteiger partial charge is 0.497 e. The molecule has 0 fully saturated rings. The van der Waals surface area contributed by atoms with Crippen molar-refractivity contribution >= 4 is 17.2 Å². The van der Waals surface area contributed by atoms with E-state index in [9.17, 15) is 4.79 Å². The fraction of sp³-hybridized carbons (Fsp3) is 0.273. The van der Waals surface area contributed by atoms with Gasteiger partial charge in [0.05, 0.1) is 17.8 Å². The van der Waals surface area contributed by atoms with Crippen molar-refractivity contribution in [3.05, 3.63) is 64.5 Å². The highest BCUT2D eigenvalue weighted by Crippen LogP contribution is 2.22. The lowest BCUT2D eigenvalue weighted by atomic mass is 10.1. The van der Waals surface area contributed by atoms with E-state index in [-0.39, 0.29) is 5.91 Å². The maximum Gasteiger partial charge on any atom is 0.260 e. The van der Waals surface area contributed by atoms with Crippen molar-refractivity contribution in [2.75, 3.05) is 13.7 Å². The van der Waals surface area contributed by atoms with E-state index >= 15 is 0 Å². The van der Waals surface area contributed by atoms with Crippen molar-refractivity contribution in [3.63, 3.8) is 0 Å². The second kappa shape index (κ2) is 9.37. The molecule has 2 aromatic carbocycles. The fourth-order valence-electron chi connectivity index (χ4n) is 2.72. The van der Waals surface area contributed by atoms with Crippen LogP contribution in [0.1, 0.15) is 17.5 Å². The van der Waals surface area contributed by atoms with Gasteiger partial charge < -0.3 is 14.8 Å². The highest BCUT2D eigenvalue weighted by Gasteiger charge is 2.14. The van der Waals surface area contributed by atoms with Crippen LogP contribution >= 0.6 is 11.3 Å². The van der Waals surface area contributed by atoms with Crippen molar-refractivity contribution in [1.82, 2.24) is 10.3 Å². The molecule has 1 aromatic heterocycles. The van der Waals surface area contributed by atoms with Gasteiger partial charge in [0.1, 0.15) is 11.5 Å². The Morgan fingerprint density at radius 3 is 2.39 bits per heavy atom. The van der Waals surface area contributed by atoms with Crippen LogP contribution in [0.25, 0.3) is 11.3 Å². The molecule has 28 heavy (non-hydrogen) atoms. The molecule has 0 aliphatic rings. The SMILES string of the molecule is COc1ccc(OC(C)C(=O)NCCc2ccc(-c3csc(C)n3)cc2)cc1. The minimum Gasteiger partial charge on any atom is -0.497 e. The first-order valence-corrected chi connectivity index (χ1v) is 10.0. The number of amides is 1. The first-order valence-electron chi connectivity index (χ1n) is 9.15. The van der Waals surface area contributed by atoms with Crippen molar-refractivity contribution < 1.29 is 14.3 Å². The lowest BCUT2D eigenvalue weighted by Gasteiger charge is -2.15. The summed E-state index contributed by atoms with van der Waals surface area (Å²) in [5.74, 6) is 1.25. The van der Waals surface area contributed by atoms with Crippen LogP contribution in [0.2, 0.25) is 0 Å². The maximum absolute atomic E-state index is 12.2. The van der Waals surface area contributed by atoms with Crippen LogP contribution in [-0.2, 0) is 11.2 Å². The average molecular weight is 397 g/mol. The van der Waals surface area contributed by atoms with Crippen molar-refractivity contribution in [1.29, 1.82) is 0 Å². The lowest BCUT2D eigenvalue weighted by Crippen LogP contribution is -2.37. The van der Waals surface area contributed by atoms with Gasteiger partial charge in [0, 0.05) is 17.5 Å². The number of hydrogen-bond donors (Lipinski definition) is 1. The minimum atomic E-state index is -0.566. The van der Waals surface area contributed by atoms with E-state index in [1.54, 1.807) is 49.6 Å². The highest BCUT2D eigenvalue weighted by molar-refractivity contribution is 7.09. The summed E-state index contributed by atoms with van der Waals surface area (Å²) in [6, 6.07) is 15.5. The molecule has 146 valence electrons. The topological polar surface area (TPSA) is 60.5 Å². The third-order valence-corrected chi connectivity index (χ3v) is 5.10. The van der Waals surface area contributed by atoms with Crippen molar-refractivity contribution in [3.8, 4) is 22.8 Å². The molecule has 0 radical (unpaired) electrons. The summed E-state index contributed by atoms with van der Waals surface area (Å²) in [5, 5.41) is 6.05. The Hall–Kier alpha value is -2.86. The van der Waals surface area contributed by atoms with Gasteiger partial charge in [-0.05, 0) is 50.1 Å². The highest BCUT2D eigenvalue weighted by atomic mass is 32.1. The standard InChI is InChI=1S/C22H24N2O3S/c1-15(27-20-10-8-19(26-3)9-11-20)22(25)23-13-12-17-4-6-18(7-5-17)21-14-28-16(2)24-21/h4-11,14-15H,12-13H2,1-3H3,(H,23,25). The molecule has 1 N–H and O–H groups in total. The second-order valence-corrected chi connectivity index (χ2v) is 7.49. The zero-order valence-electron chi connectivity index (χ0n) is 16.3. The summed E-state index contributed by atoms with van der Waals surface area (Å²) >= 11 is 1.65. The molecule has 0 spiro atoms. The van der Waals surface area contributed by atoms with E-state index in [0.717, 1.165) is 28.4 Å². The Bertz CT molecular complexity index is 904. The van der Waals surface area contributed by atoms with Crippen LogP contribution in [0.4, 0.5) is 0 Å². The Balaban J connectivity index is 1.45. The molecule has 5 nitrogen and oxygen atoms in total. The molecule has 0 saturated carbocycles. The molecule has 0 bridgehead atoms. The van der Waals surface area contributed by atoms with Gasteiger partial charge in [0.2, 0.25) is 0 Å². The molecule has 6 heteroatoms. The van der Waals surface area contributed by atoms with Gasteiger partial charge in [-0.3, -0.25) is 4.79 Å². The smallest absolute Gasteiger partial charge is 0.260 e. The predicted molar refractivity (Wildman–Crippen MR) is 112 cm³/mol. The summed E-state index contributed by atoms with van der Waals surface area (Å²) in [5.41, 5.74) is 3.28. The first-order chi connectivity index (χ1) is 13.5. The summed E-state index contributed by atoms with van der Waals surface area (Å²) in [6.45, 7) is 4.30. The summed E-state index contributed by atoms with van der Waals surface area (Å²) < 4.78 is 10.8. The molecule has 1 atom stereocenters. The maximum atomic E-state index is 12.2. The Labute approximate surface area is 169 Å². The monoisotopic (exact) mass is 396 g/mol. The number of aromatic nitrogens is 1. The fourth-order valence-corrected chi connectivity index (χ4v) is 3.35. The molecule has 3 aromatic rings. The summed E-state index contributed by atoms with van der Waals surface area (Å²) in [4.78, 5) is 16.7. The van der Waals surface area contributed by atoms with E-state index in [1.165, 1.54) is 5.56 Å². The molecule has 1 unspecified atom stereocenters. The Kier molecular flexibility index (Phi) is 6.66. The van der Waals surface area contributed by atoms with Crippen LogP contribution in [0.5, 0.6) is 11.5 Å². The normalized spacial score (nSPS) is 11.7. The van der Waals surface area contributed by atoms with Crippen molar-refractivity contribution in [2.45, 2.75) is 26.4 Å². The Morgan fingerprint density at radius 2 is 1.79 bits per heavy atom. The Morgan fingerprint density at radius 1 is 1.11 bits per heavy atom. The average Bonchev–Trinajstić information content (AvgIpc) is 3.15. The number of hydrogen-bond acceptors (Lipinski definition) is 5. The number of ether oxygens (including phenoxy) is 2. The molecule has 0 aliphatic carbocycles. The molecule has 0 saturated heterocycles. The van der Waals surface area contributed by atoms with E-state index < -0.39 is 6.10 Å². The van der Waals surface area contributed by atoms with Crippen molar-refractivity contribution in [2.24, 2.45) is 0 Å². The molecular weight excluding hydrogens is 372 g/mol. The third-order valence-electron chi connectivity index (χ3n) is 4.32. The first kappa shape index (κ1) is 19.9. The number of rotatable bonds is 8. The zero-order valence-corrected chi connectivity index (χ0v) is 17.1. The number of benzene rings is 2. The third kappa shape index (κ3) is 5.33. The number of aryl methyl sites for hydroxylation is 1. The van der Waals surface area contributed by atoms with E-state index in [4.69, 9.17) is 9.47 Å². The number of nitrogens with zero attached hydrogens (tertiary/aromatic N) is 1. The van der Waals surface area contributed by atoms with E-state index in [2.05, 4.69) is 39.9 Å². The van der Waals surface area contributed by atoms with Gasteiger partial charge in [0.15, 0.2) is 6.10 Å². The molecule has 1 amide bonds. The number of nitrogens with one attached hydrogen (secondary N) is 1. The van der Waals surface area contributed by atoms with Crippen LogP contribution < -0.4 is 14.8 Å². The van der Waals surface area contributed by atoms with E-state index in [1.807, 2.05) is 6.92 Å². The van der Waals surface area contributed by atoms with Gasteiger partial charge >= 0.3 is 0 Å². The minimum absolute atomic E-state index is 0.134. The molecular formula is C22H24N2O3S. The van der Waals surface area contributed by atoms with Crippen LogP contribution in [-0.4, -0.2) is 30.6 Å². The number of thiazole rings is 1.